The SMILES string of the molecule is NC(=O)c1cc(Oc2cccc(-c3ccc(C=O)o3)c2)ccn1. The first-order valence-electron chi connectivity index (χ1n) is 6.75. The van der Waals surface area contributed by atoms with Crippen molar-refractivity contribution in [3.63, 3.8) is 0 Å². The van der Waals surface area contributed by atoms with Crippen LogP contribution in [0.3, 0.4) is 0 Å². The predicted molar refractivity (Wildman–Crippen MR) is 82.4 cm³/mol. The number of aromatic nitrogens is 1. The van der Waals surface area contributed by atoms with Crippen molar-refractivity contribution in [1.82, 2.24) is 4.98 Å². The summed E-state index contributed by atoms with van der Waals surface area (Å²) in [6, 6.07) is 13.5. The summed E-state index contributed by atoms with van der Waals surface area (Å²) in [7, 11) is 0. The van der Waals surface area contributed by atoms with E-state index in [0.29, 0.717) is 23.5 Å². The predicted octanol–water partition coefficient (Wildman–Crippen LogP) is 3.05. The molecule has 1 aromatic carbocycles. The van der Waals surface area contributed by atoms with E-state index in [0.717, 1.165) is 5.56 Å². The zero-order valence-corrected chi connectivity index (χ0v) is 11.9. The zero-order chi connectivity index (χ0) is 16.2. The summed E-state index contributed by atoms with van der Waals surface area (Å²) in [5.41, 5.74) is 6.08. The monoisotopic (exact) mass is 308 g/mol. The van der Waals surface area contributed by atoms with E-state index in [1.54, 1.807) is 36.4 Å². The van der Waals surface area contributed by atoms with Crippen LogP contribution in [0.4, 0.5) is 0 Å². The maximum absolute atomic E-state index is 11.1. The molecular formula is C17H12N2O4. The molecule has 3 rings (SSSR count). The summed E-state index contributed by atoms with van der Waals surface area (Å²) in [4.78, 5) is 25.7. The van der Waals surface area contributed by atoms with Gasteiger partial charge in [0.05, 0.1) is 0 Å². The zero-order valence-electron chi connectivity index (χ0n) is 11.9. The Bertz CT molecular complexity index is 870. The number of primary amides is 1. The first-order chi connectivity index (χ1) is 11.2. The number of nitrogens with two attached hydrogens (primary N) is 1. The van der Waals surface area contributed by atoms with Gasteiger partial charge in [0.15, 0.2) is 12.0 Å². The lowest BCUT2D eigenvalue weighted by atomic mass is 10.1. The number of carbonyl (C=O) groups is 2. The minimum absolute atomic E-state index is 0.125. The number of hydrogen-bond donors (Lipinski definition) is 1. The third-order valence-corrected chi connectivity index (χ3v) is 3.08. The molecule has 0 aliphatic heterocycles. The van der Waals surface area contributed by atoms with Gasteiger partial charge < -0.3 is 14.9 Å². The van der Waals surface area contributed by atoms with Crippen LogP contribution in [0.2, 0.25) is 0 Å². The Labute approximate surface area is 131 Å². The Hall–Kier alpha value is -3.41. The lowest BCUT2D eigenvalue weighted by Gasteiger charge is -2.07. The lowest BCUT2D eigenvalue weighted by molar-refractivity contribution is 0.0994. The van der Waals surface area contributed by atoms with Gasteiger partial charge in [0.2, 0.25) is 0 Å². The number of hydrogen-bond acceptors (Lipinski definition) is 5. The van der Waals surface area contributed by atoms with Gasteiger partial charge >= 0.3 is 0 Å². The van der Waals surface area contributed by atoms with Gasteiger partial charge in [-0.2, -0.15) is 0 Å². The largest absolute Gasteiger partial charge is 0.457 e. The highest BCUT2D eigenvalue weighted by molar-refractivity contribution is 5.91. The van der Waals surface area contributed by atoms with Crippen molar-refractivity contribution in [2.24, 2.45) is 5.73 Å². The normalized spacial score (nSPS) is 10.3. The molecular weight excluding hydrogens is 296 g/mol. The molecule has 0 saturated heterocycles. The van der Waals surface area contributed by atoms with Gasteiger partial charge in [-0.15, -0.1) is 0 Å². The number of nitrogens with zero attached hydrogens (tertiary/aromatic N) is 1. The van der Waals surface area contributed by atoms with Crippen LogP contribution in [0.15, 0.2) is 59.1 Å². The van der Waals surface area contributed by atoms with Crippen molar-refractivity contribution >= 4 is 12.2 Å². The molecule has 23 heavy (non-hydrogen) atoms. The molecule has 0 unspecified atom stereocenters. The number of furan rings is 1. The topological polar surface area (TPSA) is 95.4 Å². The number of ether oxygens (including phenoxy) is 1. The van der Waals surface area contributed by atoms with Crippen LogP contribution in [-0.4, -0.2) is 17.2 Å². The van der Waals surface area contributed by atoms with E-state index in [1.165, 1.54) is 12.3 Å². The second-order valence-electron chi connectivity index (χ2n) is 4.69. The van der Waals surface area contributed by atoms with Gasteiger partial charge in [-0.05, 0) is 30.3 Å². The van der Waals surface area contributed by atoms with Crippen LogP contribution in [0.1, 0.15) is 21.0 Å². The third-order valence-electron chi connectivity index (χ3n) is 3.08. The van der Waals surface area contributed by atoms with Crippen molar-refractivity contribution in [3.05, 3.63) is 66.2 Å². The van der Waals surface area contributed by atoms with Crippen LogP contribution in [0.25, 0.3) is 11.3 Å². The fourth-order valence-electron chi connectivity index (χ4n) is 2.03. The Morgan fingerprint density at radius 1 is 1.13 bits per heavy atom. The van der Waals surface area contributed by atoms with Crippen molar-refractivity contribution in [1.29, 1.82) is 0 Å². The van der Waals surface area contributed by atoms with Crippen LogP contribution in [0, 0.1) is 0 Å². The summed E-state index contributed by atoms with van der Waals surface area (Å²) in [5, 5.41) is 0. The molecule has 0 radical (unpaired) electrons. The Kier molecular flexibility index (Phi) is 3.88. The van der Waals surface area contributed by atoms with E-state index in [9.17, 15) is 9.59 Å². The number of pyridine rings is 1. The number of benzene rings is 1. The molecule has 2 heterocycles. The molecule has 0 atom stereocenters. The minimum atomic E-state index is -0.624. The molecule has 0 spiro atoms. The first-order valence-corrected chi connectivity index (χ1v) is 6.75. The summed E-state index contributed by atoms with van der Waals surface area (Å²) >= 11 is 0. The van der Waals surface area contributed by atoms with Gasteiger partial charge in [0, 0.05) is 17.8 Å². The van der Waals surface area contributed by atoms with Crippen molar-refractivity contribution in [3.8, 4) is 22.8 Å². The molecule has 2 N–H and O–H groups in total. The van der Waals surface area contributed by atoms with Crippen LogP contribution < -0.4 is 10.5 Å². The van der Waals surface area contributed by atoms with E-state index in [2.05, 4.69) is 4.98 Å². The molecule has 3 aromatic rings. The molecule has 0 fully saturated rings. The fourth-order valence-corrected chi connectivity index (χ4v) is 2.03. The van der Waals surface area contributed by atoms with Gasteiger partial charge in [-0.3, -0.25) is 14.6 Å². The summed E-state index contributed by atoms with van der Waals surface area (Å²) in [6.07, 6.45) is 2.09. The van der Waals surface area contributed by atoms with Gasteiger partial charge in [-0.25, -0.2) is 0 Å². The Morgan fingerprint density at radius 3 is 2.70 bits per heavy atom. The molecule has 1 amide bonds. The highest BCUT2D eigenvalue weighted by atomic mass is 16.5. The van der Waals surface area contributed by atoms with Gasteiger partial charge in [0.1, 0.15) is 23.0 Å². The number of aldehydes is 1. The van der Waals surface area contributed by atoms with E-state index < -0.39 is 5.91 Å². The first kappa shape index (κ1) is 14.5. The molecule has 6 heteroatoms. The average molecular weight is 308 g/mol. The van der Waals surface area contributed by atoms with Crippen LogP contribution in [0.5, 0.6) is 11.5 Å². The van der Waals surface area contributed by atoms with Crippen molar-refractivity contribution in [2.75, 3.05) is 0 Å². The highest BCUT2D eigenvalue weighted by Crippen LogP contribution is 2.28. The quantitative estimate of drug-likeness (QED) is 0.731. The standard InChI is InChI=1S/C17H12N2O4/c18-17(21)15-9-13(6-7-19-15)22-12-3-1-2-11(8-12)16-5-4-14(10-20)23-16/h1-10H,(H2,18,21). The lowest BCUT2D eigenvalue weighted by Crippen LogP contribution is -2.12. The summed E-state index contributed by atoms with van der Waals surface area (Å²) in [5.74, 6) is 1.19. The van der Waals surface area contributed by atoms with E-state index in [-0.39, 0.29) is 11.5 Å². The second-order valence-corrected chi connectivity index (χ2v) is 4.69. The maximum Gasteiger partial charge on any atom is 0.267 e. The van der Waals surface area contributed by atoms with E-state index >= 15 is 0 Å². The summed E-state index contributed by atoms with van der Waals surface area (Å²) < 4.78 is 11.1. The van der Waals surface area contributed by atoms with E-state index in [1.807, 2.05) is 6.07 Å². The minimum Gasteiger partial charge on any atom is -0.457 e. The van der Waals surface area contributed by atoms with Crippen molar-refractivity contribution in [2.45, 2.75) is 0 Å². The Balaban J connectivity index is 1.86. The van der Waals surface area contributed by atoms with Crippen LogP contribution >= 0.6 is 0 Å². The average Bonchev–Trinajstić information content (AvgIpc) is 3.04. The molecule has 6 nitrogen and oxygen atoms in total. The highest BCUT2D eigenvalue weighted by Gasteiger charge is 2.08. The van der Waals surface area contributed by atoms with Gasteiger partial charge in [-0.1, -0.05) is 12.1 Å². The second kappa shape index (κ2) is 6.15. The third kappa shape index (κ3) is 3.26. The van der Waals surface area contributed by atoms with Crippen molar-refractivity contribution < 1.29 is 18.7 Å². The molecule has 2 aromatic heterocycles. The number of rotatable bonds is 5. The smallest absolute Gasteiger partial charge is 0.267 e. The van der Waals surface area contributed by atoms with E-state index in [4.69, 9.17) is 14.9 Å². The molecule has 0 saturated carbocycles. The maximum atomic E-state index is 11.1. The molecule has 0 aliphatic rings. The van der Waals surface area contributed by atoms with Gasteiger partial charge in [0.25, 0.3) is 5.91 Å². The number of amides is 1. The van der Waals surface area contributed by atoms with Crippen LogP contribution in [-0.2, 0) is 0 Å². The molecule has 114 valence electrons. The molecule has 0 bridgehead atoms. The summed E-state index contributed by atoms with van der Waals surface area (Å²) in [6.45, 7) is 0. The Morgan fingerprint density at radius 2 is 1.96 bits per heavy atom. The fraction of sp³-hybridized carbons (Fsp3) is 0. The number of carbonyl (C=O) groups excluding carboxylic acids is 2. The molecule has 0 aliphatic carbocycles.